The summed E-state index contributed by atoms with van der Waals surface area (Å²) in [6.07, 6.45) is 0. The van der Waals surface area contributed by atoms with Gasteiger partial charge in [-0.05, 0) is 18.2 Å². The van der Waals surface area contributed by atoms with Gasteiger partial charge < -0.3 is 15.2 Å². The lowest BCUT2D eigenvalue weighted by molar-refractivity contribution is -0.139. The molecule has 1 aromatic rings. The summed E-state index contributed by atoms with van der Waals surface area (Å²) >= 11 is 0. The third-order valence-electron chi connectivity index (χ3n) is 2.35. The van der Waals surface area contributed by atoms with Gasteiger partial charge in [0.25, 0.3) is 0 Å². The van der Waals surface area contributed by atoms with Crippen molar-refractivity contribution < 1.29 is 27.5 Å². The highest BCUT2D eigenvalue weighted by Crippen LogP contribution is 2.20. The third-order valence-corrected chi connectivity index (χ3v) is 3.83. The summed E-state index contributed by atoms with van der Waals surface area (Å²) in [4.78, 5) is 22.0. The second-order valence-electron chi connectivity index (χ2n) is 3.64. The molecule has 0 aromatic heterocycles. The molecule has 20 heavy (non-hydrogen) atoms. The van der Waals surface area contributed by atoms with E-state index in [0.29, 0.717) is 0 Å². The molecule has 0 amide bonds. The molecule has 0 saturated carbocycles. The van der Waals surface area contributed by atoms with Crippen LogP contribution in [0, 0.1) is 0 Å². The summed E-state index contributed by atoms with van der Waals surface area (Å²) in [6.45, 7) is -0.517. The number of carbonyl (C=O) groups is 2. The van der Waals surface area contributed by atoms with E-state index >= 15 is 0 Å². The van der Waals surface area contributed by atoms with Gasteiger partial charge in [0.2, 0.25) is 10.0 Å². The molecule has 9 heteroatoms. The van der Waals surface area contributed by atoms with Gasteiger partial charge in [-0.3, -0.25) is 4.79 Å². The van der Waals surface area contributed by atoms with Crippen molar-refractivity contribution >= 4 is 27.6 Å². The van der Waals surface area contributed by atoms with E-state index in [0.717, 1.165) is 13.2 Å². The van der Waals surface area contributed by atoms with Crippen LogP contribution >= 0.6 is 0 Å². The molecular weight excluding hydrogens is 288 g/mol. The Hall–Kier alpha value is -2.13. The number of ether oxygens (including phenoxy) is 2. The first-order valence-corrected chi connectivity index (χ1v) is 6.84. The summed E-state index contributed by atoms with van der Waals surface area (Å²) in [5, 5.41) is 0. The van der Waals surface area contributed by atoms with E-state index in [1.807, 2.05) is 4.72 Å². The monoisotopic (exact) mass is 302 g/mol. The van der Waals surface area contributed by atoms with Gasteiger partial charge in [-0.2, -0.15) is 4.72 Å². The number of benzene rings is 1. The minimum absolute atomic E-state index is 0.122. The number of hydrogen-bond donors (Lipinski definition) is 2. The zero-order valence-electron chi connectivity index (χ0n) is 10.9. The first-order chi connectivity index (χ1) is 9.31. The maximum atomic E-state index is 11.9. The summed E-state index contributed by atoms with van der Waals surface area (Å²) in [7, 11) is -1.64. The third kappa shape index (κ3) is 3.68. The lowest BCUT2D eigenvalue weighted by Gasteiger charge is -2.09. The van der Waals surface area contributed by atoms with Crippen molar-refractivity contribution in [1.82, 2.24) is 4.72 Å². The van der Waals surface area contributed by atoms with E-state index < -0.39 is 28.5 Å². The van der Waals surface area contributed by atoms with E-state index in [-0.39, 0.29) is 16.1 Å². The van der Waals surface area contributed by atoms with Crippen LogP contribution in [-0.4, -0.2) is 41.1 Å². The Kier molecular flexibility index (Phi) is 5.06. The zero-order chi connectivity index (χ0) is 15.3. The molecule has 8 nitrogen and oxygen atoms in total. The molecule has 0 heterocycles. The number of anilines is 1. The maximum absolute atomic E-state index is 11.9. The van der Waals surface area contributed by atoms with Gasteiger partial charge in [-0.25, -0.2) is 13.2 Å². The molecule has 1 rings (SSSR count). The molecule has 0 fully saturated rings. The number of hydrogen-bond acceptors (Lipinski definition) is 7. The van der Waals surface area contributed by atoms with E-state index in [4.69, 9.17) is 5.73 Å². The molecule has 0 aliphatic rings. The van der Waals surface area contributed by atoms with Crippen LogP contribution in [0.3, 0.4) is 0 Å². The van der Waals surface area contributed by atoms with Crippen molar-refractivity contribution in [1.29, 1.82) is 0 Å². The molecule has 0 radical (unpaired) electrons. The Bertz CT molecular complexity index is 626. The average Bonchev–Trinajstić information content (AvgIpc) is 2.43. The minimum atomic E-state index is -3.97. The van der Waals surface area contributed by atoms with Crippen LogP contribution in [0.4, 0.5) is 5.69 Å². The average molecular weight is 302 g/mol. The molecule has 3 N–H and O–H groups in total. The van der Waals surface area contributed by atoms with Crippen LogP contribution in [0.1, 0.15) is 10.4 Å². The smallest absolute Gasteiger partial charge is 0.337 e. The topological polar surface area (TPSA) is 125 Å². The fourth-order valence-corrected chi connectivity index (χ4v) is 2.42. The predicted molar refractivity (Wildman–Crippen MR) is 69.4 cm³/mol. The van der Waals surface area contributed by atoms with Crippen molar-refractivity contribution in [2.45, 2.75) is 4.90 Å². The normalized spacial score (nSPS) is 10.9. The van der Waals surface area contributed by atoms with E-state index in [1.165, 1.54) is 19.2 Å². The lowest BCUT2D eigenvalue weighted by atomic mass is 10.2. The Labute approximate surface area is 115 Å². The van der Waals surface area contributed by atoms with Crippen molar-refractivity contribution in [3.05, 3.63) is 23.8 Å². The van der Waals surface area contributed by atoms with Crippen LogP contribution < -0.4 is 10.5 Å². The standard InChI is InChI=1S/C11H14N2O6S/c1-18-10(14)6-13-20(16,17)9-4-3-7(5-8(9)12)11(15)19-2/h3-5,13H,6,12H2,1-2H3. The highest BCUT2D eigenvalue weighted by Gasteiger charge is 2.20. The Morgan fingerprint density at radius 1 is 1.25 bits per heavy atom. The fourth-order valence-electron chi connectivity index (χ4n) is 1.34. The van der Waals surface area contributed by atoms with Crippen molar-refractivity contribution in [3.8, 4) is 0 Å². The van der Waals surface area contributed by atoms with Gasteiger partial charge in [0.1, 0.15) is 11.4 Å². The molecule has 0 unspecified atom stereocenters. The Morgan fingerprint density at radius 2 is 1.90 bits per heavy atom. The number of rotatable bonds is 5. The van der Waals surface area contributed by atoms with Crippen LogP contribution in [0.5, 0.6) is 0 Å². The van der Waals surface area contributed by atoms with E-state index in [2.05, 4.69) is 9.47 Å². The van der Waals surface area contributed by atoms with Crippen molar-refractivity contribution in [3.63, 3.8) is 0 Å². The Morgan fingerprint density at radius 3 is 2.40 bits per heavy atom. The first-order valence-electron chi connectivity index (χ1n) is 5.36. The molecule has 0 atom stereocenters. The summed E-state index contributed by atoms with van der Waals surface area (Å²) < 4.78 is 34.7. The van der Waals surface area contributed by atoms with Crippen molar-refractivity contribution in [2.24, 2.45) is 0 Å². The van der Waals surface area contributed by atoms with Gasteiger partial charge >= 0.3 is 11.9 Å². The molecule has 1 aromatic carbocycles. The van der Waals surface area contributed by atoms with Crippen molar-refractivity contribution in [2.75, 3.05) is 26.5 Å². The number of nitrogen functional groups attached to an aromatic ring is 1. The number of sulfonamides is 1. The fraction of sp³-hybridized carbons (Fsp3) is 0.273. The van der Waals surface area contributed by atoms with Crippen LogP contribution in [0.2, 0.25) is 0 Å². The number of carbonyl (C=O) groups excluding carboxylic acids is 2. The number of nitrogens with two attached hydrogens (primary N) is 1. The molecule has 0 aliphatic heterocycles. The van der Waals surface area contributed by atoms with E-state index in [9.17, 15) is 18.0 Å². The van der Waals surface area contributed by atoms with Crippen LogP contribution in [0.15, 0.2) is 23.1 Å². The van der Waals surface area contributed by atoms with Gasteiger partial charge in [0.15, 0.2) is 0 Å². The molecule has 0 saturated heterocycles. The Balaban J connectivity index is 3.02. The summed E-state index contributed by atoms with van der Waals surface area (Å²) in [5.41, 5.74) is 5.58. The highest BCUT2D eigenvalue weighted by molar-refractivity contribution is 7.89. The first kappa shape index (κ1) is 15.9. The van der Waals surface area contributed by atoms with Gasteiger partial charge in [-0.1, -0.05) is 0 Å². The molecule has 110 valence electrons. The highest BCUT2D eigenvalue weighted by atomic mass is 32.2. The van der Waals surface area contributed by atoms with Gasteiger partial charge in [0, 0.05) is 0 Å². The van der Waals surface area contributed by atoms with Gasteiger partial charge in [0.05, 0.1) is 25.5 Å². The van der Waals surface area contributed by atoms with Crippen LogP contribution in [-0.2, 0) is 24.3 Å². The number of nitrogens with one attached hydrogen (secondary N) is 1. The largest absolute Gasteiger partial charge is 0.468 e. The predicted octanol–water partition coefficient (Wildman–Crippen LogP) is -0.493. The second kappa shape index (κ2) is 6.35. The van der Waals surface area contributed by atoms with Crippen LogP contribution in [0.25, 0.3) is 0 Å². The van der Waals surface area contributed by atoms with E-state index in [1.54, 1.807) is 0 Å². The second-order valence-corrected chi connectivity index (χ2v) is 5.38. The summed E-state index contributed by atoms with van der Waals surface area (Å²) in [5.74, 6) is -1.37. The number of methoxy groups -OCH3 is 2. The molecule has 0 spiro atoms. The van der Waals surface area contributed by atoms with Gasteiger partial charge in [-0.15, -0.1) is 0 Å². The quantitative estimate of drug-likeness (QED) is 0.555. The molecule has 0 bridgehead atoms. The minimum Gasteiger partial charge on any atom is -0.468 e. The lowest BCUT2D eigenvalue weighted by Crippen LogP contribution is -2.30. The molecule has 0 aliphatic carbocycles. The zero-order valence-corrected chi connectivity index (χ0v) is 11.7. The SMILES string of the molecule is COC(=O)CNS(=O)(=O)c1ccc(C(=O)OC)cc1N. The maximum Gasteiger partial charge on any atom is 0.337 e. The number of esters is 2. The molecular formula is C11H14N2O6S. The summed E-state index contributed by atoms with van der Waals surface area (Å²) in [6, 6.07) is 3.59.